The van der Waals surface area contributed by atoms with E-state index in [2.05, 4.69) is 6.08 Å². The molecule has 0 bridgehead atoms. The second-order valence-electron chi connectivity index (χ2n) is 3.41. The number of rotatable bonds is 4. The zero-order valence-corrected chi connectivity index (χ0v) is 7.88. The molecule has 1 aliphatic carbocycles. The second kappa shape index (κ2) is 5.33. The van der Waals surface area contributed by atoms with E-state index >= 15 is 0 Å². The van der Waals surface area contributed by atoms with Gasteiger partial charge in [-0.15, -0.1) is 0 Å². The van der Waals surface area contributed by atoms with Crippen LogP contribution in [0.25, 0.3) is 0 Å². The number of hydrogen-bond acceptors (Lipinski definition) is 2. The molecule has 70 valence electrons. The third kappa shape index (κ3) is 2.95. The largest absolute Gasteiger partial charge is 0.385 e. The number of nitrogens with two attached hydrogens (primary N) is 1. The molecule has 0 heterocycles. The van der Waals surface area contributed by atoms with Crippen LogP contribution < -0.4 is 5.73 Å². The van der Waals surface area contributed by atoms with Crippen molar-refractivity contribution in [3.63, 3.8) is 0 Å². The maximum Gasteiger partial charge on any atom is 0.0480 e. The average molecular weight is 169 g/mol. The highest BCUT2D eigenvalue weighted by Gasteiger charge is 2.10. The van der Waals surface area contributed by atoms with Gasteiger partial charge in [-0.2, -0.15) is 0 Å². The van der Waals surface area contributed by atoms with E-state index in [0.717, 1.165) is 13.0 Å². The van der Waals surface area contributed by atoms with E-state index in [4.69, 9.17) is 10.5 Å². The van der Waals surface area contributed by atoms with Crippen LogP contribution in [0.15, 0.2) is 11.6 Å². The summed E-state index contributed by atoms with van der Waals surface area (Å²) in [6.07, 6.45) is 8.33. The van der Waals surface area contributed by atoms with E-state index in [-0.39, 0.29) is 6.04 Å². The predicted molar refractivity (Wildman–Crippen MR) is 51.0 cm³/mol. The van der Waals surface area contributed by atoms with Crippen LogP contribution in [0.4, 0.5) is 0 Å². The highest BCUT2D eigenvalue weighted by molar-refractivity contribution is 5.12. The van der Waals surface area contributed by atoms with Crippen LogP contribution in [0.1, 0.15) is 32.1 Å². The minimum absolute atomic E-state index is 0.241. The van der Waals surface area contributed by atoms with Gasteiger partial charge < -0.3 is 10.5 Å². The Morgan fingerprint density at radius 1 is 1.58 bits per heavy atom. The Kier molecular flexibility index (Phi) is 4.33. The number of allylic oxidation sites excluding steroid dienone is 1. The first-order valence-corrected chi connectivity index (χ1v) is 4.78. The van der Waals surface area contributed by atoms with Crippen molar-refractivity contribution in [2.45, 2.75) is 38.1 Å². The van der Waals surface area contributed by atoms with E-state index < -0.39 is 0 Å². The van der Waals surface area contributed by atoms with Crippen molar-refractivity contribution < 1.29 is 4.74 Å². The Morgan fingerprint density at radius 3 is 3.00 bits per heavy atom. The Labute approximate surface area is 74.8 Å². The minimum atomic E-state index is 0.241. The SMILES string of the molecule is COCCC(N)C1=CCCCC1. The van der Waals surface area contributed by atoms with Gasteiger partial charge in [-0.05, 0) is 32.1 Å². The van der Waals surface area contributed by atoms with Crippen LogP contribution in [0, 0.1) is 0 Å². The van der Waals surface area contributed by atoms with Gasteiger partial charge in [0.1, 0.15) is 0 Å². The molecule has 0 fully saturated rings. The summed E-state index contributed by atoms with van der Waals surface area (Å²) in [7, 11) is 1.72. The van der Waals surface area contributed by atoms with Crippen LogP contribution in [-0.4, -0.2) is 19.8 Å². The molecule has 0 saturated carbocycles. The molecule has 0 radical (unpaired) electrons. The van der Waals surface area contributed by atoms with Gasteiger partial charge in [-0.25, -0.2) is 0 Å². The van der Waals surface area contributed by atoms with Crippen LogP contribution >= 0.6 is 0 Å². The molecular formula is C10H19NO. The van der Waals surface area contributed by atoms with Crippen molar-refractivity contribution >= 4 is 0 Å². The molecule has 1 unspecified atom stereocenters. The van der Waals surface area contributed by atoms with Crippen molar-refractivity contribution in [1.82, 2.24) is 0 Å². The molecule has 0 spiro atoms. The van der Waals surface area contributed by atoms with Gasteiger partial charge in [0.05, 0.1) is 0 Å². The van der Waals surface area contributed by atoms with E-state index in [9.17, 15) is 0 Å². The van der Waals surface area contributed by atoms with Gasteiger partial charge in [-0.1, -0.05) is 11.6 Å². The van der Waals surface area contributed by atoms with Crippen molar-refractivity contribution in [2.75, 3.05) is 13.7 Å². The quantitative estimate of drug-likeness (QED) is 0.652. The first-order chi connectivity index (χ1) is 5.84. The molecule has 12 heavy (non-hydrogen) atoms. The van der Waals surface area contributed by atoms with Crippen molar-refractivity contribution in [3.8, 4) is 0 Å². The van der Waals surface area contributed by atoms with Gasteiger partial charge in [0.2, 0.25) is 0 Å². The Balaban J connectivity index is 2.29. The third-order valence-corrected chi connectivity index (χ3v) is 2.44. The Morgan fingerprint density at radius 2 is 2.42 bits per heavy atom. The number of ether oxygens (including phenoxy) is 1. The lowest BCUT2D eigenvalue weighted by molar-refractivity contribution is 0.190. The summed E-state index contributed by atoms with van der Waals surface area (Å²) >= 11 is 0. The molecule has 1 aliphatic rings. The molecule has 0 aromatic carbocycles. The van der Waals surface area contributed by atoms with Crippen molar-refractivity contribution in [1.29, 1.82) is 0 Å². The predicted octanol–water partition coefficient (Wildman–Crippen LogP) is 1.85. The molecular weight excluding hydrogens is 150 g/mol. The van der Waals surface area contributed by atoms with Gasteiger partial charge in [0.25, 0.3) is 0 Å². The lowest BCUT2D eigenvalue weighted by atomic mass is 9.93. The maximum absolute atomic E-state index is 5.99. The minimum Gasteiger partial charge on any atom is -0.385 e. The fourth-order valence-corrected chi connectivity index (χ4v) is 1.63. The molecule has 0 aromatic heterocycles. The molecule has 0 saturated heterocycles. The van der Waals surface area contributed by atoms with E-state index in [1.54, 1.807) is 7.11 Å². The van der Waals surface area contributed by atoms with Crippen LogP contribution in [0.3, 0.4) is 0 Å². The first-order valence-electron chi connectivity index (χ1n) is 4.78. The van der Waals surface area contributed by atoms with Gasteiger partial charge in [0.15, 0.2) is 0 Å². The molecule has 2 nitrogen and oxygen atoms in total. The maximum atomic E-state index is 5.99. The van der Waals surface area contributed by atoms with Gasteiger partial charge in [0, 0.05) is 19.8 Å². The van der Waals surface area contributed by atoms with Crippen molar-refractivity contribution in [2.24, 2.45) is 5.73 Å². The lowest BCUT2D eigenvalue weighted by Crippen LogP contribution is -2.25. The monoisotopic (exact) mass is 169 g/mol. The fraction of sp³-hybridized carbons (Fsp3) is 0.800. The molecule has 1 atom stereocenters. The second-order valence-corrected chi connectivity index (χ2v) is 3.41. The molecule has 0 aliphatic heterocycles. The summed E-state index contributed by atoms with van der Waals surface area (Å²) in [6, 6.07) is 0.241. The average Bonchev–Trinajstić information content (AvgIpc) is 2.15. The first kappa shape index (κ1) is 9.75. The summed E-state index contributed by atoms with van der Waals surface area (Å²) < 4.78 is 5.00. The number of hydrogen-bond donors (Lipinski definition) is 1. The molecule has 1 rings (SSSR count). The standard InChI is InChI=1S/C10H19NO/c1-12-8-7-10(11)9-5-3-2-4-6-9/h5,10H,2-4,6-8,11H2,1H3. The number of methoxy groups -OCH3 is 1. The Hall–Kier alpha value is -0.340. The third-order valence-electron chi connectivity index (χ3n) is 2.44. The van der Waals surface area contributed by atoms with Crippen molar-refractivity contribution in [3.05, 3.63) is 11.6 Å². The van der Waals surface area contributed by atoms with Crippen LogP contribution in [0.2, 0.25) is 0 Å². The zero-order chi connectivity index (χ0) is 8.81. The molecule has 2 N–H and O–H groups in total. The topological polar surface area (TPSA) is 35.2 Å². The highest BCUT2D eigenvalue weighted by atomic mass is 16.5. The Bertz CT molecular complexity index is 154. The highest BCUT2D eigenvalue weighted by Crippen LogP contribution is 2.20. The normalized spacial score (nSPS) is 20.3. The van der Waals surface area contributed by atoms with Crippen LogP contribution in [0.5, 0.6) is 0 Å². The summed E-state index contributed by atoms with van der Waals surface area (Å²) in [5.41, 5.74) is 7.43. The fourth-order valence-electron chi connectivity index (χ4n) is 1.63. The van der Waals surface area contributed by atoms with E-state index in [0.29, 0.717) is 0 Å². The summed E-state index contributed by atoms with van der Waals surface area (Å²) in [6.45, 7) is 0.776. The molecule has 0 amide bonds. The van der Waals surface area contributed by atoms with E-state index in [1.807, 2.05) is 0 Å². The summed E-state index contributed by atoms with van der Waals surface area (Å²) in [4.78, 5) is 0. The summed E-state index contributed by atoms with van der Waals surface area (Å²) in [5, 5.41) is 0. The lowest BCUT2D eigenvalue weighted by Gasteiger charge is -2.18. The smallest absolute Gasteiger partial charge is 0.0480 e. The zero-order valence-electron chi connectivity index (χ0n) is 7.88. The van der Waals surface area contributed by atoms with Gasteiger partial charge >= 0.3 is 0 Å². The summed E-state index contributed by atoms with van der Waals surface area (Å²) in [5.74, 6) is 0. The molecule has 0 aromatic rings. The van der Waals surface area contributed by atoms with Gasteiger partial charge in [-0.3, -0.25) is 0 Å². The van der Waals surface area contributed by atoms with E-state index in [1.165, 1.54) is 31.3 Å². The molecule has 2 heteroatoms. The van der Waals surface area contributed by atoms with Crippen LogP contribution in [-0.2, 0) is 4.74 Å².